The molecule has 0 radical (unpaired) electrons. The van der Waals surface area contributed by atoms with Crippen LogP contribution in [0.5, 0.6) is 0 Å². The third-order valence-electron chi connectivity index (χ3n) is 1.99. The Morgan fingerprint density at radius 3 is 1.84 bits per heavy atom. The van der Waals surface area contributed by atoms with Crippen molar-refractivity contribution < 1.29 is 37.8 Å². The van der Waals surface area contributed by atoms with Crippen LogP contribution in [0.1, 0.15) is 32.1 Å². The molecule has 0 aliphatic heterocycles. The largest absolute Gasteiger partial charge is 0.469 e. The number of phosphoric acid groups is 2. The fourth-order valence-corrected chi connectivity index (χ4v) is 1.91. The summed E-state index contributed by atoms with van der Waals surface area (Å²) >= 11 is 0. The summed E-state index contributed by atoms with van der Waals surface area (Å²) in [4.78, 5) is 33.6. The molecule has 0 spiro atoms. The van der Waals surface area contributed by atoms with Crippen LogP contribution < -0.4 is 0 Å². The molecular weight excluding hydrogens is 298 g/mol. The van der Waals surface area contributed by atoms with Gasteiger partial charge in [0.05, 0.1) is 13.2 Å². The first-order valence-electron chi connectivity index (χ1n) is 5.76. The van der Waals surface area contributed by atoms with Crippen molar-refractivity contribution in [3.05, 3.63) is 12.2 Å². The molecule has 0 amide bonds. The van der Waals surface area contributed by atoms with E-state index < -0.39 is 15.6 Å². The third kappa shape index (κ3) is 18.0. The Labute approximate surface area is 111 Å². The lowest BCUT2D eigenvalue weighted by Gasteiger charge is -2.04. The first-order valence-corrected chi connectivity index (χ1v) is 8.82. The molecule has 0 bridgehead atoms. The van der Waals surface area contributed by atoms with Crippen molar-refractivity contribution in [1.29, 1.82) is 0 Å². The summed E-state index contributed by atoms with van der Waals surface area (Å²) in [5, 5.41) is 0. The molecule has 19 heavy (non-hydrogen) atoms. The van der Waals surface area contributed by atoms with Gasteiger partial charge in [0.1, 0.15) is 0 Å². The van der Waals surface area contributed by atoms with Gasteiger partial charge in [-0.25, -0.2) is 9.13 Å². The first kappa shape index (κ1) is 19.0. The van der Waals surface area contributed by atoms with Crippen LogP contribution in [0.4, 0.5) is 0 Å². The average Bonchev–Trinajstić information content (AvgIpc) is 2.22. The van der Waals surface area contributed by atoms with E-state index in [1.54, 1.807) is 6.08 Å². The number of rotatable bonds is 11. The lowest BCUT2D eigenvalue weighted by Crippen LogP contribution is -1.92. The number of allylic oxidation sites excluding steroid dienone is 1. The maximum Gasteiger partial charge on any atom is 0.469 e. The molecule has 0 rings (SSSR count). The molecule has 0 aromatic carbocycles. The highest BCUT2D eigenvalue weighted by atomic mass is 31.2. The second-order valence-electron chi connectivity index (χ2n) is 3.76. The Balaban J connectivity index is 3.31. The minimum absolute atomic E-state index is 0.0309. The minimum Gasteiger partial charge on any atom is -0.303 e. The van der Waals surface area contributed by atoms with Crippen molar-refractivity contribution in [1.82, 2.24) is 0 Å². The van der Waals surface area contributed by atoms with Gasteiger partial charge in [0.15, 0.2) is 0 Å². The van der Waals surface area contributed by atoms with Gasteiger partial charge < -0.3 is 19.6 Å². The summed E-state index contributed by atoms with van der Waals surface area (Å²) in [5.74, 6) is 0. The highest BCUT2D eigenvalue weighted by Crippen LogP contribution is 2.36. The molecule has 10 heteroatoms. The molecule has 0 fully saturated rings. The van der Waals surface area contributed by atoms with E-state index in [1.807, 2.05) is 6.08 Å². The molecule has 0 aromatic heterocycles. The highest BCUT2D eigenvalue weighted by Gasteiger charge is 2.12. The molecule has 114 valence electrons. The molecule has 0 unspecified atom stereocenters. The van der Waals surface area contributed by atoms with Crippen LogP contribution in [0.15, 0.2) is 12.2 Å². The fraction of sp³-hybridized carbons (Fsp3) is 0.778. The smallest absolute Gasteiger partial charge is 0.303 e. The summed E-state index contributed by atoms with van der Waals surface area (Å²) in [6, 6.07) is 0. The van der Waals surface area contributed by atoms with E-state index in [4.69, 9.17) is 19.6 Å². The van der Waals surface area contributed by atoms with Crippen molar-refractivity contribution in [2.75, 3.05) is 13.2 Å². The predicted molar refractivity (Wildman–Crippen MR) is 68.2 cm³/mol. The molecule has 0 atom stereocenters. The van der Waals surface area contributed by atoms with Gasteiger partial charge in [-0.05, 0) is 25.7 Å². The van der Waals surface area contributed by atoms with E-state index in [0.29, 0.717) is 12.8 Å². The van der Waals surface area contributed by atoms with E-state index in [1.165, 1.54) is 0 Å². The monoisotopic (exact) mass is 318 g/mol. The molecule has 0 saturated carbocycles. The molecule has 0 heterocycles. The van der Waals surface area contributed by atoms with Crippen LogP contribution in [-0.2, 0) is 18.2 Å². The quantitative estimate of drug-likeness (QED) is 0.257. The molecular formula is C9H20O8P2. The summed E-state index contributed by atoms with van der Waals surface area (Å²) in [6.07, 6.45) is 7.04. The fourth-order valence-electron chi connectivity index (χ4n) is 1.20. The number of hydrogen-bond donors (Lipinski definition) is 4. The number of hydrogen-bond acceptors (Lipinski definition) is 4. The van der Waals surface area contributed by atoms with Crippen LogP contribution in [0.25, 0.3) is 0 Å². The van der Waals surface area contributed by atoms with Crippen LogP contribution in [-0.4, -0.2) is 32.8 Å². The second kappa shape index (κ2) is 9.80. The van der Waals surface area contributed by atoms with Gasteiger partial charge in [0, 0.05) is 0 Å². The van der Waals surface area contributed by atoms with E-state index in [2.05, 4.69) is 9.05 Å². The van der Waals surface area contributed by atoms with Crippen molar-refractivity contribution in [3.63, 3.8) is 0 Å². The summed E-state index contributed by atoms with van der Waals surface area (Å²) in [7, 11) is -8.71. The van der Waals surface area contributed by atoms with E-state index in [-0.39, 0.29) is 13.2 Å². The Bertz CT molecular complexity index is 344. The minimum atomic E-state index is -4.37. The zero-order valence-electron chi connectivity index (χ0n) is 10.4. The Hall–Kier alpha value is -0.0400. The van der Waals surface area contributed by atoms with E-state index >= 15 is 0 Å². The lowest BCUT2D eigenvalue weighted by molar-refractivity contribution is 0.193. The predicted octanol–water partition coefficient (Wildman–Crippen LogP) is 1.71. The second-order valence-corrected chi connectivity index (χ2v) is 6.24. The van der Waals surface area contributed by atoms with Crippen LogP contribution in [0, 0.1) is 0 Å². The normalized spacial score (nSPS) is 13.3. The molecule has 0 aliphatic carbocycles. The average molecular weight is 318 g/mol. The maximum atomic E-state index is 10.3. The molecule has 8 nitrogen and oxygen atoms in total. The molecule has 4 N–H and O–H groups in total. The highest BCUT2D eigenvalue weighted by molar-refractivity contribution is 7.46. The standard InChI is InChI=1S/C9H20O8P2/c10-18(11,12)16-8-6-4-2-1-3-5-7-9-17-19(13,14)15/h2,4H,1,3,5-9H2,(H2,10,11,12)(H2,13,14,15)/b4-2+. The van der Waals surface area contributed by atoms with Crippen molar-refractivity contribution in [2.24, 2.45) is 0 Å². The zero-order chi connectivity index (χ0) is 14.8. The zero-order valence-corrected chi connectivity index (χ0v) is 12.2. The summed E-state index contributed by atoms with van der Waals surface area (Å²) < 4.78 is 29.2. The first-order chi connectivity index (χ1) is 8.71. The summed E-state index contributed by atoms with van der Waals surface area (Å²) in [5.41, 5.74) is 0. The van der Waals surface area contributed by atoms with Gasteiger partial charge in [-0.15, -0.1) is 0 Å². The van der Waals surface area contributed by atoms with Crippen LogP contribution >= 0.6 is 15.6 Å². The number of phosphoric ester groups is 2. The maximum absolute atomic E-state index is 10.3. The SMILES string of the molecule is O=P(O)(O)OCC/C=C/CCCCCOP(=O)(O)O. The van der Waals surface area contributed by atoms with E-state index in [9.17, 15) is 9.13 Å². The van der Waals surface area contributed by atoms with Gasteiger partial charge in [0.2, 0.25) is 0 Å². The van der Waals surface area contributed by atoms with Crippen LogP contribution in [0.3, 0.4) is 0 Å². The molecule has 0 aromatic rings. The van der Waals surface area contributed by atoms with Gasteiger partial charge in [-0.2, -0.15) is 0 Å². The Morgan fingerprint density at radius 2 is 1.26 bits per heavy atom. The third-order valence-corrected chi connectivity index (χ3v) is 3.02. The van der Waals surface area contributed by atoms with Gasteiger partial charge >= 0.3 is 15.6 Å². The van der Waals surface area contributed by atoms with E-state index in [0.717, 1.165) is 19.3 Å². The van der Waals surface area contributed by atoms with Crippen molar-refractivity contribution >= 4 is 15.6 Å². The molecule has 0 saturated heterocycles. The van der Waals surface area contributed by atoms with Gasteiger partial charge in [-0.1, -0.05) is 18.6 Å². The van der Waals surface area contributed by atoms with Gasteiger partial charge in [-0.3, -0.25) is 9.05 Å². The van der Waals surface area contributed by atoms with Crippen LogP contribution in [0.2, 0.25) is 0 Å². The molecule has 0 aliphatic rings. The van der Waals surface area contributed by atoms with Crippen molar-refractivity contribution in [2.45, 2.75) is 32.1 Å². The lowest BCUT2D eigenvalue weighted by atomic mass is 10.2. The topological polar surface area (TPSA) is 134 Å². The Morgan fingerprint density at radius 1 is 0.737 bits per heavy atom. The Kier molecular flexibility index (Phi) is 9.78. The van der Waals surface area contributed by atoms with Crippen molar-refractivity contribution in [3.8, 4) is 0 Å². The number of unbranched alkanes of at least 4 members (excludes halogenated alkanes) is 3. The van der Waals surface area contributed by atoms with Gasteiger partial charge in [0.25, 0.3) is 0 Å². The summed E-state index contributed by atoms with van der Waals surface area (Å²) in [6.45, 7) is 0.00101.